The summed E-state index contributed by atoms with van der Waals surface area (Å²) in [6.45, 7) is 3.36. The molecule has 4 nitrogen and oxygen atoms in total. The van der Waals surface area contributed by atoms with Crippen LogP contribution in [0.5, 0.6) is 0 Å². The summed E-state index contributed by atoms with van der Waals surface area (Å²) in [6, 6.07) is 8.97. The summed E-state index contributed by atoms with van der Waals surface area (Å²) in [5.74, 6) is -1.04. The van der Waals surface area contributed by atoms with Crippen molar-refractivity contribution < 1.29 is 14.5 Å². The summed E-state index contributed by atoms with van der Waals surface area (Å²) in [7, 11) is 2.04. The standard InChI is InChI=1S/C8H15N2.C8H8O2/c1-3-4-5-10-7-6-9(2)8-10;9-8(10)6-7-4-2-1-3-5-7/h6-8H,3-5H2,1-2H3;1-5H,6H2,(H,9,10)/q+1;/p-1. The van der Waals surface area contributed by atoms with Crippen molar-refractivity contribution in [2.24, 2.45) is 7.05 Å². The number of aromatic nitrogens is 2. The number of hydrogen-bond donors (Lipinski definition) is 0. The van der Waals surface area contributed by atoms with E-state index in [2.05, 4.69) is 34.8 Å². The van der Waals surface area contributed by atoms with E-state index in [1.807, 2.05) is 13.1 Å². The van der Waals surface area contributed by atoms with Crippen molar-refractivity contribution >= 4 is 5.97 Å². The highest BCUT2D eigenvalue weighted by Gasteiger charge is 1.96. The van der Waals surface area contributed by atoms with Gasteiger partial charge in [-0.2, -0.15) is 0 Å². The van der Waals surface area contributed by atoms with Crippen LogP contribution in [-0.2, 0) is 24.8 Å². The van der Waals surface area contributed by atoms with E-state index < -0.39 is 5.97 Å². The first-order valence-electron chi connectivity index (χ1n) is 6.86. The highest BCUT2D eigenvalue weighted by Crippen LogP contribution is 1.97. The molecule has 0 unspecified atom stereocenters. The fraction of sp³-hybridized carbons (Fsp3) is 0.375. The Balaban J connectivity index is 0.000000200. The highest BCUT2D eigenvalue weighted by molar-refractivity contribution is 5.67. The van der Waals surface area contributed by atoms with Crippen molar-refractivity contribution in [2.45, 2.75) is 32.7 Å². The van der Waals surface area contributed by atoms with Crippen LogP contribution in [0.4, 0.5) is 0 Å². The second-order valence-electron chi connectivity index (χ2n) is 4.70. The molecule has 1 heterocycles. The van der Waals surface area contributed by atoms with Crippen molar-refractivity contribution in [1.29, 1.82) is 0 Å². The number of hydrogen-bond acceptors (Lipinski definition) is 2. The summed E-state index contributed by atoms with van der Waals surface area (Å²) in [4.78, 5) is 10.1. The van der Waals surface area contributed by atoms with Crippen LogP contribution < -0.4 is 9.67 Å². The fourth-order valence-electron chi connectivity index (χ4n) is 1.74. The van der Waals surface area contributed by atoms with Crippen LogP contribution in [0.25, 0.3) is 0 Å². The van der Waals surface area contributed by atoms with Crippen molar-refractivity contribution in [2.75, 3.05) is 0 Å². The van der Waals surface area contributed by atoms with Gasteiger partial charge < -0.3 is 9.90 Å². The molecule has 2 aromatic rings. The van der Waals surface area contributed by atoms with Crippen molar-refractivity contribution in [3.8, 4) is 0 Å². The molecule has 0 N–H and O–H groups in total. The number of carboxylic acids is 1. The van der Waals surface area contributed by atoms with E-state index in [9.17, 15) is 9.90 Å². The van der Waals surface area contributed by atoms with Gasteiger partial charge in [0.15, 0.2) is 0 Å². The number of carboxylic acid groups (broad SMARTS) is 1. The lowest BCUT2D eigenvalue weighted by molar-refractivity contribution is -0.696. The van der Waals surface area contributed by atoms with E-state index in [0.29, 0.717) is 0 Å². The number of carbonyl (C=O) groups excluding carboxylic acids is 1. The third-order valence-electron chi connectivity index (χ3n) is 2.78. The predicted octanol–water partition coefficient (Wildman–Crippen LogP) is 1.09. The Morgan fingerprint density at radius 3 is 2.50 bits per heavy atom. The third kappa shape index (κ3) is 6.73. The van der Waals surface area contributed by atoms with Crippen molar-refractivity contribution in [1.82, 2.24) is 4.57 Å². The van der Waals surface area contributed by atoms with E-state index in [1.165, 1.54) is 12.8 Å². The molecular formula is C16H22N2O2. The molecule has 0 bridgehead atoms. The number of unbranched alkanes of at least 4 members (excludes halogenated alkanes) is 1. The lowest BCUT2D eigenvalue weighted by Crippen LogP contribution is -2.30. The molecule has 0 spiro atoms. The molecule has 0 aliphatic heterocycles. The van der Waals surface area contributed by atoms with Crippen LogP contribution in [0, 0.1) is 0 Å². The van der Waals surface area contributed by atoms with Gasteiger partial charge >= 0.3 is 0 Å². The Labute approximate surface area is 120 Å². The minimum absolute atomic E-state index is 0.000833. The first kappa shape index (κ1) is 16.0. The average molecular weight is 274 g/mol. The van der Waals surface area contributed by atoms with E-state index in [1.54, 1.807) is 24.3 Å². The van der Waals surface area contributed by atoms with Gasteiger partial charge in [-0.3, -0.25) is 0 Å². The quantitative estimate of drug-likeness (QED) is 0.766. The zero-order chi connectivity index (χ0) is 14.8. The maximum absolute atomic E-state index is 10.1. The van der Waals surface area contributed by atoms with Crippen LogP contribution in [0.3, 0.4) is 0 Å². The Morgan fingerprint density at radius 1 is 1.30 bits per heavy atom. The van der Waals surface area contributed by atoms with Gasteiger partial charge in [0.05, 0.1) is 13.6 Å². The first-order chi connectivity index (χ1) is 9.61. The van der Waals surface area contributed by atoms with E-state index in [0.717, 1.165) is 12.1 Å². The molecule has 0 aliphatic carbocycles. The molecule has 0 saturated heterocycles. The lowest BCUT2D eigenvalue weighted by Gasteiger charge is -1.99. The number of aliphatic carboxylic acids is 1. The van der Waals surface area contributed by atoms with Crippen molar-refractivity contribution in [3.05, 3.63) is 54.6 Å². The first-order valence-corrected chi connectivity index (χ1v) is 6.86. The molecule has 0 saturated carbocycles. The number of carbonyl (C=O) groups is 1. The zero-order valence-electron chi connectivity index (χ0n) is 12.2. The van der Waals surface area contributed by atoms with E-state index >= 15 is 0 Å². The number of rotatable bonds is 5. The number of aryl methyl sites for hydroxylation is 2. The fourth-order valence-corrected chi connectivity index (χ4v) is 1.74. The summed E-state index contributed by atoms with van der Waals surface area (Å²) in [6.07, 6.45) is 8.82. The smallest absolute Gasteiger partial charge is 0.243 e. The minimum atomic E-state index is -1.04. The number of benzene rings is 1. The molecule has 1 aromatic carbocycles. The summed E-state index contributed by atoms with van der Waals surface area (Å²) < 4.78 is 4.28. The molecule has 0 fully saturated rings. The second kappa shape index (κ2) is 8.91. The van der Waals surface area contributed by atoms with Gasteiger partial charge in [-0.1, -0.05) is 43.7 Å². The summed E-state index contributed by atoms with van der Waals surface area (Å²) >= 11 is 0. The maximum atomic E-state index is 10.1. The van der Waals surface area contributed by atoms with Gasteiger partial charge in [0.2, 0.25) is 6.33 Å². The minimum Gasteiger partial charge on any atom is -0.550 e. The second-order valence-corrected chi connectivity index (χ2v) is 4.70. The predicted molar refractivity (Wildman–Crippen MR) is 75.7 cm³/mol. The largest absolute Gasteiger partial charge is 0.550 e. The molecule has 4 heteroatoms. The molecule has 0 radical (unpaired) electrons. The molecule has 1 aromatic heterocycles. The Morgan fingerprint density at radius 2 is 2.00 bits per heavy atom. The summed E-state index contributed by atoms with van der Waals surface area (Å²) in [5.41, 5.74) is 0.780. The van der Waals surface area contributed by atoms with Crippen LogP contribution >= 0.6 is 0 Å². The maximum Gasteiger partial charge on any atom is 0.243 e. The van der Waals surface area contributed by atoms with Gasteiger partial charge in [0.25, 0.3) is 0 Å². The van der Waals surface area contributed by atoms with Gasteiger partial charge in [0, 0.05) is 12.4 Å². The lowest BCUT2D eigenvalue weighted by atomic mass is 10.2. The normalized spacial score (nSPS) is 9.70. The molecular weight excluding hydrogens is 252 g/mol. The van der Waals surface area contributed by atoms with Crippen LogP contribution in [-0.4, -0.2) is 10.5 Å². The van der Waals surface area contributed by atoms with Crippen molar-refractivity contribution in [3.63, 3.8) is 0 Å². The molecule has 0 atom stereocenters. The molecule has 0 amide bonds. The average Bonchev–Trinajstić information content (AvgIpc) is 2.83. The SMILES string of the molecule is CCCC[n+]1ccn(C)c1.O=C([O-])Cc1ccccc1. The summed E-state index contributed by atoms with van der Waals surface area (Å²) in [5, 5.41) is 10.1. The topological polar surface area (TPSA) is 48.9 Å². The van der Waals surface area contributed by atoms with Crippen LogP contribution in [0.1, 0.15) is 25.3 Å². The molecule has 20 heavy (non-hydrogen) atoms. The molecule has 108 valence electrons. The van der Waals surface area contributed by atoms with E-state index in [-0.39, 0.29) is 6.42 Å². The highest BCUT2D eigenvalue weighted by atomic mass is 16.4. The van der Waals surface area contributed by atoms with Crippen LogP contribution in [0.2, 0.25) is 0 Å². The Hall–Kier alpha value is -2.10. The molecule has 0 aliphatic rings. The zero-order valence-corrected chi connectivity index (χ0v) is 12.2. The Kier molecular flexibility index (Phi) is 7.11. The third-order valence-corrected chi connectivity index (χ3v) is 2.78. The molecule has 2 rings (SSSR count). The number of imidazole rings is 1. The monoisotopic (exact) mass is 274 g/mol. The van der Waals surface area contributed by atoms with Gasteiger partial charge in [-0.05, 0) is 12.0 Å². The van der Waals surface area contributed by atoms with Gasteiger partial charge in [0.1, 0.15) is 12.4 Å². The Bertz CT molecular complexity index is 506. The van der Waals surface area contributed by atoms with Gasteiger partial charge in [-0.25, -0.2) is 9.13 Å². The van der Waals surface area contributed by atoms with Crippen LogP contribution in [0.15, 0.2) is 49.1 Å². The number of nitrogens with zero attached hydrogens (tertiary/aromatic N) is 2. The van der Waals surface area contributed by atoms with E-state index in [4.69, 9.17) is 0 Å². The van der Waals surface area contributed by atoms with Gasteiger partial charge in [-0.15, -0.1) is 0 Å².